The van der Waals surface area contributed by atoms with Crippen molar-refractivity contribution < 1.29 is 23.0 Å². The van der Waals surface area contributed by atoms with Gasteiger partial charge in [-0.2, -0.15) is 0 Å². The number of aromatic hydroxyl groups is 1. The Kier molecular flexibility index (Phi) is 2.89. The van der Waals surface area contributed by atoms with Gasteiger partial charge in [-0.15, -0.1) is 13.2 Å². The van der Waals surface area contributed by atoms with E-state index < -0.39 is 23.4 Å². The normalized spacial score (nSPS) is 11.5. The quantitative estimate of drug-likeness (QED) is 0.680. The molecule has 0 aliphatic rings. The first-order chi connectivity index (χ1) is 6.85. The van der Waals surface area contributed by atoms with E-state index in [1.54, 1.807) is 0 Å². The first-order valence-corrected chi connectivity index (χ1v) is 3.74. The predicted octanol–water partition coefficient (Wildman–Crippen LogP) is 0.438. The molecule has 1 aromatic heterocycles. The van der Waals surface area contributed by atoms with Crippen LogP contribution in [0.15, 0.2) is 11.0 Å². The molecule has 0 spiro atoms. The average Bonchev–Trinajstić information content (AvgIpc) is 2.11. The average molecular weight is 224 g/mol. The van der Waals surface area contributed by atoms with Gasteiger partial charge in [0.1, 0.15) is 0 Å². The topological polar surface area (TPSA) is 88.3 Å². The van der Waals surface area contributed by atoms with Crippen LogP contribution in [0.1, 0.15) is 5.56 Å². The molecule has 0 radical (unpaired) electrons. The minimum atomic E-state index is -4.98. The first-order valence-electron chi connectivity index (χ1n) is 3.74. The minimum absolute atomic E-state index is 0.0398. The van der Waals surface area contributed by atoms with E-state index >= 15 is 0 Å². The third-order valence-electron chi connectivity index (χ3n) is 1.54. The van der Waals surface area contributed by atoms with Crippen LogP contribution in [0.4, 0.5) is 13.2 Å². The van der Waals surface area contributed by atoms with Crippen molar-refractivity contribution in [3.63, 3.8) is 0 Å². The van der Waals surface area contributed by atoms with E-state index in [0.29, 0.717) is 0 Å². The molecule has 0 aliphatic carbocycles. The second-order valence-electron chi connectivity index (χ2n) is 2.57. The summed E-state index contributed by atoms with van der Waals surface area (Å²) < 4.78 is 38.6. The molecular weight excluding hydrogens is 217 g/mol. The Morgan fingerprint density at radius 1 is 1.53 bits per heavy atom. The summed E-state index contributed by atoms with van der Waals surface area (Å²) >= 11 is 0. The van der Waals surface area contributed by atoms with Gasteiger partial charge in [0.05, 0.1) is 0 Å². The molecule has 0 fully saturated rings. The molecule has 84 valence electrons. The van der Waals surface area contributed by atoms with Gasteiger partial charge in [-0.3, -0.25) is 4.79 Å². The zero-order chi connectivity index (χ0) is 11.6. The largest absolute Gasteiger partial charge is 0.574 e. The van der Waals surface area contributed by atoms with Crippen molar-refractivity contribution in [3.05, 3.63) is 22.0 Å². The molecule has 15 heavy (non-hydrogen) atoms. The van der Waals surface area contributed by atoms with Gasteiger partial charge in [-0.05, 0) is 0 Å². The standard InChI is InChI=1S/C7H7F3N2O3/c8-7(9,10)15-6-5(14)4(13)3(1-11)2-12-6/h2,14H,1,11H2,(H,12,13). The van der Waals surface area contributed by atoms with Gasteiger partial charge in [-0.25, -0.2) is 0 Å². The third-order valence-corrected chi connectivity index (χ3v) is 1.54. The van der Waals surface area contributed by atoms with Crippen LogP contribution in [0.5, 0.6) is 11.6 Å². The van der Waals surface area contributed by atoms with Crippen LogP contribution in [0.25, 0.3) is 0 Å². The van der Waals surface area contributed by atoms with E-state index in [2.05, 4.69) is 4.74 Å². The van der Waals surface area contributed by atoms with Crippen molar-refractivity contribution in [2.45, 2.75) is 12.9 Å². The fraction of sp³-hybridized carbons (Fsp3) is 0.286. The van der Waals surface area contributed by atoms with Gasteiger partial charge >= 0.3 is 6.36 Å². The molecule has 1 aromatic rings. The first kappa shape index (κ1) is 11.4. The summed E-state index contributed by atoms with van der Waals surface area (Å²) in [5.74, 6) is -2.19. The number of pyridine rings is 1. The lowest BCUT2D eigenvalue weighted by molar-refractivity contribution is -0.276. The molecule has 0 amide bonds. The fourth-order valence-electron chi connectivity index (χ4n) is 0.887. The Labute approximate surface area is 81.3 Å². The summed E-state index contributed by atoms with van der Waals surface area (Å²) in [6.45, 7) is -0.199. The number of nitrogens with two attached hydrogens (primary N) is 1. The Hall–Kier alpha value is -1.70. The number of ether oxygens (including phenoxy) is 1. The molecule has 0 bridgehead atoms. The van der Waals surface area contributed by atoms with Crippen molar-refractivity contribution in [2.24, 2.45) is 5.73 Å². The maximum Gasteiger partial charge on any atom is 0.574 e. The smallest absolute Gasteiger partial charge is 0.500 e. The van der Waals surface area contributed by atoms with Crippen LogP contribution < -0.4 is 15.9 Å². The molecule has 0 aliphatic heterocycles. The number of nitrogens with one attached hydrogen (secondary N) is 1. The Bertz CT molecular complexity index is 413. The van der Waals surface area contributed by atoms with Crippen LogP contribution in [0.3, 0.4) is 0 Å². The van der Waals surface area contributed by atoms with Gasteiger partial charge in [0.25, 0.3) is 0 Å². The lowest BCUT2D eigenvalue weighted by Gasteiger charge is -2.09. The van der Waals surface area contributed by atoms with Gasteiger partial charge in [0.2, 0.25) is 17.1 Å². The van der Waals surface area contributed by atoms with Crippen LogP contribution in [-0.4, -0.2) is 16.5 Å². The maximum absolute atomic E-state index is 11.8. The zero-order valence-electron chi connectivity index (χ0n) is 7.26. The summed E-state index contributed by atoms with van der Waals surface area (Å²) in [6.07, 6.45) is -4.03. The minimum Gasteiger partial charge on any atom is -0.500 e. The summed E-state index contributed by atoms with van der Waals surface area (Å²) in [7, 11) is 0. The molecule has 1 heterocycles. The maximum atomic E-state index is 11.8. The molecule has 0 saturated carbocycles. The summed E-state index contributed by atoms with van der Waals surface area (Å²) in [5.41, 5.74) is 4.07. The number of alkyl halides is 3. The number of rotatable bonds is 2. The monoisotopic (exact) mass is 224 g/mol. The Morgan fingerprint density at radius 3 is 2.60 bits per heavy atom. The van der Waals surface area contributed by atoms with Gasteiger partial charge in [-0.1, -0.05) is 0 Å². The van der Waals surface area contributed by atoms with Crippen molar-refractivity contribution in [2.75, 3.05) is 0 Å². The highest BCUT2D eigenvalue weighted by Gasteiger charge is 2.33. The van der Waals surface area contributed by atoms with E-state index in [0.717, 1.165) is 6.20 Å². The second-order valence-corrected chi connectivity index (χ2v) is 2.57. The van der Waals surface area contributed by atoms with Crippen LogP contribution in [0.2, 0.25) is 0 Å². The fourth-order valence-corrected chi connectivity index (χ4v) is 0.887. The van der Waals surface area contributed by atoms with E-state index in [-0.39, 0.29) is 12.1 Å². The SMILES string of the molecule is NCc1c[nH]c(OC(F)(F)F)c(O)c1=O. The van der Waals surface area contributed by atoms with E-state index in [4.69, 9.17) is 10.8 Å². The number of H-pyrrole nitrogens is 1. The number of halogens is 3. The highest BCUT2D eigenvalue weighted by atomic mass is 19.4. The summed E-state index contributed by atoms with van der Waals surface area (Å²) in [6, 6.07) is 0. The second kappa shape index (κ2) is 3.81. The van der Waals surface area contributed by atoms with Gasteiger partial charge in [0.15, 0.2) is 0 Å². The highest BCUT2D eigenvalue weighted by Crippen LogP contribution is 2.26. The number of aromatic amines is 1. The van der Waals surface area contributed by atoms with Crippen molar-refractivity contribution >= 4 is 0 Å². The molecule has 4 N–H and O–H groups in total. The van der Waals surface area contributed by atoms with Gasteiger partial charge < -0.3 is 20.6 Å². The van der Waals surface area contributed by atoms with E-state index in [1.165, 1.54) is 0 Å². The summed E-state index contributed by atoms with van der Waals surface area (Å²) in [4.78, 5) is 13.1. The van der Waals surface area contributed by atoms with Crippen LogP contribution in [0, 0.1) is 0 Å². The lowest BCUT2D eigenvalue weighted by Crippen LogP contribution is -2.21. The Morgan fingerprint density at radius 2 is 2.13 bits per heavy atom. The Balaban J connectivity index is 3.13. The van der Waals surface area contributed by atoms with Crippen LogP contribution >= 0.6 is 0 Å². The highest BCUT2D eigenvalue weighted by molar-refractivity contribution is 5.35. The molecular formula is C7H7F3N2O3. The third kappa shape index (κ3) is 2.62. The van der Waals surface area contributed by atoms with Crippen LogP contribution in [-0.2, 0) is 6.54 Å². The predicted molar refractivity (Wildman–Crippen MR) is 43.3 cm³/mol. The number of hydrogen-bond acceptors (Lipinski definition) is 4. The molecule has 0 aromatic carbocycles. The lowest BCUT2D eigenvalue weighted by atomic mass is 10.2. The molecule has 0 unspecified atom stereocenters. The zero-order valence-corrected chi connectivity index (χ0v) is 7.26. The number of hydrogen-bond donors (Lipinski definition) is 3. The van der Waals surface area contributed by atoms with Gasteiger partial charge in [0, 0.05) is 18.3 Å². The molecule has 0 saturated heterocycles. The van der Waals surface area contributed by atoms with Crippen molar-refractivity contribution in [1.82, 2.24) is 4.98 Å². The molecule has 1 rings (SSSR count). The number of aromatic nitrogens is 1. The molecule has 8 heteroatoms. The summed E-state index contributed by atoms with van der Waals surface area (Å²) in [5, 5.41) is 9.05. The molecule has 5 nitrogen and oxygen atoms in total. The van der Waals surface area contributed by atoms with E-state index in [9.17, 15) is 18.0 Å². The molecule has 0 atom stereocenters. The van der Waals surface area contributed by atoms with Crippen molar-refractivity contribution in [1.29, 1.82) is 0 Å². The van der Waals surface area contributed by atoms with Crippen molar-refractivity contribution in [3.8, 4) is 11.6 Å². The van der Waals surface area contributed by atoms with E-state index in [1.807, 2.05) is 4.98 Å².